The Morgan fingerprint density at radius 1 is 1.00 bits per heavy atom. The number of hydrogen-bond donors (Lipinski definition) is 0. The van der Waals surface area contributed by atoms with E-state index >= 15 is 0 Å². The molecule has 2 aromatic carbocycles. The number of rotatable bonds is 8. The van der Waals surface area contributed by atoms with Crippen LogP contribution < -0.4 is 4.90 Å². The first kappa shape index (κ1) is 20.4. The van der Waals surface area contributed by atoms with Gasteiger partial charge in [-0.25, -0.2) is 0 Å². The van der Waals surface area contributed by atoms with E-state index in [2.05, 4.69) is 65.3 Å². The zero-order valence-corrected chi connectivity index (χ0v) is 18.0. The lowest BCUT2D eigenvalue weighted by molar-refractivity contribution is 0.0394. The highest BCUT2D eigenvalue weighted by atomic mass is 16.5. The van der Waals surface area contributed by atoms with Crippen molar-refractivity contribution in [2.75, 3.05) is 44.2 Å². The first-order chi connectivity index (χ1) is 14.3. The number of hydrogen-bond acceptors (Lipinski definition) is 3. The van der Waals surface area contributed by atoms with Crippen molar-refractivity contribution in [3.05, 3.63) is 65.2 Å². The van der Waals surface area contributed by atoms with E-state index in [0.717, 1.165) is 39.0 Å². The molecule has 3 nitrogen and oxygen atoms in total. The van der Waals surface area contributed by atoms with Crippen molar-refractivity contribution in [2.45, 2.75) is 51.6 Å². The molecule has 0 bridgehead atoms. The lowest BCUT2D eigenvalue weighted by Gasteiger charge is -2.37. The van der Waals surface area contributed by atoms with Gasteiger partial charge in [0.2, 0.25) is 0 Å². The minimum Gasteiger partial charge on any atom is -0.374 e. The number of benzene rings is 2. The van der Waals surface area contributed by atoms with Crippen LogP contribution in [0.3, 0.4) is 0 Å². The molecule has 1 fully saturated rings. The summed E-state index contributed by atoms with van der Waals surface area (Å²) in [6.07, 6.45) is 7.32. The number of fused-ring (bicyclic) bond motifs is 1. The molecule has 29 heavy (non-hydrogen) atoms. The van der Waals surface area contributed by atoms with Gasteiger partial charge in [0.15, 0.2) is 0 Å². The van der Waals surface area contributed by atoms with Gasteiger partial charge in [-0.15, -0.1) is 0 Å². The minimum atomic E-state index is 0.274. The van der Waals surface area contributed by atoms with Gasteiger partial charge in [0.1, 0.15) is 0 Å². The average Bonchev–Trinajstić information content (AvgIpc) is 2.78. The topological polar surface area (TPSA) is 15.7 Å². The molecular formula is C26H36N2O. The first-order valence-corrected chi connectivity index (χ1v) is 11.6. The van der Waals surface area contributed by atoms with Crippen molar-refractivity contribution >= 4 is 5.69 Å². The third-order valence-corrected chi connectivity index (χ3v) is 6.44. The van der Waals surface area contributed by atoms with Crippen LogP contribution in [0.5, 0.6) is 0 Å². The first-order valence-electron chi connectivity index (χ1n) is 11.6. The summed E-state index contributed by atoms with van der Waals surface area (Å²) < 4.78 is 6.40. The fourth-order valence-corrected chi connectivity index (χ4v) is 4.81. The number of ether oxygens (including phenoxy) is 1. The number of anilines is 1. The number of piperazine rings is 1. The minimum absolute atomic E-state index is 0.274. The van der Waals surface area contributed by atoms with Gasteiger partial charge in [-0.05, 0) is 73.9 Å². The lowest BCUT2D eigenvalue weighted by atomic mass is 9.88. The van der Waals surface area contributed by atoms with Gasteiger partial charge in [-0.2, -0.15) is 0 Å². The molecule has 0 N–H and O–H groups in total. The highest BCUT2D eigenvalue weighted by Gasteiger charge is 2.23. The number of aryl methyl sites for hydroxylation is 2. The van der Waals surface area contributed by atoms with Crippen LogP contribution in [0.1, 0.15) is 55.4 Å². The zero-order valence-electron chi connectivity index (χ0n) is 18.0. The molecule has 0 radical (unpaired) electrons. The Morgan fingerprint density at radius 3 is 2.62 bits per heavy atom. The standard InChI is InChI=1S/C26H36N2O/c1-2-15-27-16-18-28(19-17-27)24-14-13-23-11-6-12-26(25(23)21-24)29-20-7-10-22-8-4-3-5-9-22/h3-5,8-9,13-14,21,26H,2,6-7,10-12,15-20H2,1H3. The molecule has 1 aliphatic heterocycles. The molecule has 1 atom stereocenters. The van der Waals surface area contributed by atoms with Gasteiger partial charge in [0.25, 0.3) is 0 Å². The predicted octanol–water partition coefficient (Wildman–Crippen LogP) is 5.25. The smallest absolute Gasteiger partial charge is 0.0828 e. The molecule has 1 saturated heterocycles. The molecule has 1 heterocycles. The predicted molar refractivity (Wildman–Crippen MR) is 122 cm³/mol. The van der Waals surface area contributed by atoms with E-state index in [9.17, 15) is 0 Å². The molecule has 0 amide bonds. The second-order valence-corrected chi connectivity index (χ2v) is 8.55. The van der Waals surface area contributed by atoms with Gasteiger partial charge >= 0.3 is 0 Å². The van der Waals surface area contributed by atoms with Crippen LogP contribution in [-0.4, -0.2) is 44.2 Å². The van der Waals surface area contributed by atoms with Crippen molar-refractivity contribution < 1.29 is 4.74 Å². The summed E-state index contributed by atoms with van der Waals surface area (Å²) in [7, 11) is 0. The summed E-state index contributed by atoms with van der Waals surface area (Å²) >= 11 is 0. The maximum absolute atomic E-state index is 6.40. The Hall–Kier alpha value is -1.84. The van der Waals surface area contributed by atoms with Crippen LogP contribution in [0, 0.1) is 0 Å². The van der Waals surface area contributed by atoms with Crippen LogP contribution in [0.2, 0.25) is 0 Å². The van der Waals surface area contributed by atoms with E-state index in [0.29, 0.717) is 0 Å². The van der Waals surface area contributed by atoms with Gasteiger partial charge in [-0.3, -0.25) is 4.90 Å². The molecule has 0 saturated carbocycles. The van der Waals surface area contributed by atoms with E-state index < -0.39 is 0 Å². The van der Waals surface area contributed by atoms with Crippen molar-refractivity contribution in [3.63, 3.8) is 0 Å². The van der Waals surface area contributed by atoms with Gasteiger partial charge < -0.3 is 9.64 Å². The normalized spacial score (nSPS) is 19.9. The van der Waals surface area contributed by atoms with E-state index in [1.165, 1.54) is 61.3 Å². The van der Waals surface area contributed by atoms with Crippen molar-refractivity contribution in [3.8, 4) is 0 Å². The molecule has 3 heteroatoms. The quantitative estimate of drug-likeness (QED) is 0.571. The highest BCUT2D eigenvalue weighted by molar-refractivity contribution is 5.52. The van der Waals surface area contributed by atoms with Gasteiger partial charge in [-0.1, -0.05) is 43.3 Å². The maximum atomic E-state index is 6.40. The highest BCUT2D eigenvalue weighted by Crippen LogP contribution is 2.35. The summed E-state index contributed by atoms with van der Waals surface area (Å²) in [5, 5.41) is 0. The SMILES string of the molecule is CCCN1CCN(c2ccc3c(c2)C(OCCCc2ccccc2)CCC3)CC1. The molecular weight excluding hydrogens is 356 g/mol. The Morgan fingerprint density at radius 2 is 1.83 bits per heavy atom. The largest absolute Gasteiger partial charge is 0.374 e. The fourth-order valence-electron chi connectivity index (χ4n) is 4.81. The van der Waals surface area contributed by atoms with E-state index in [4.69, 9.17) is 4.74 Å². The second-order valence-electron chi connectivity index (χ2n) is 8.55. The van der Waals surface area contributed by atoms with Crippen LogP contribution in [0.4, 0.5) is 5.69 Å². The third kappa shape index (κ3) is 5.40. The second kappa shape index (κ2) is 10.3. The van der Waals surface area contributed by atoms with Gasteiger partial charge in [0, 0.05) is 38.5 Å². The molecule has 156 valence electrons. The fraction of sp³-hybridized carbons (Fsp3) is 0.538. The van der Waals surface area contributed by atoms with Crippen molar-refractivity contribution in [2.24, 2.45) is 0 Å². The summed E-state index contributed by atoms with van der Waals surface area (Å²) in [6.45, 7) is 9.00. The van der Waals surface area contributed by atoms with Crippen molar-refractivity contribution in [1.82, 2.24) is 4.90 Å². The Kier molecular flexibility index (Phi) is 7.23. The summed E-state index contributed by atoms with van der Waals surface area (Å²) in [4.78, 5) is 5.15. The van der Waals surface area contributed by atoms with Crippen LogP contribution in [-0.2, 0) is 17.6 Å². The molecule has 1 unspecified atom stereocenters. The van der Waals surface area contributed by atoms with Crippen LogP contribution in [0.15, 0.2) is 48.5 Å². The van der Waals surface area contributed by atoms with E-state index in [1.54, 1.807) is 0 Å². The molecule has 2 aliphatic rings. The monoisotopic (exact) mass is 392 g/mol. The summed E-state index contributed by atoms with van der Waals surface area (Å²) in [6, 6.07) is 17.9. The van der Waals surface area contributed by atoms with E-state index in [1.807, 2.05) is 0 Å². The molecule has 4 rings (SSSR count). The Balaban J connectivity index is 1.34. The molecule has 2 aromatic rings. The van der Waals surface area contributed by atoms with Crippen LogP contribution in [0.25, 0.3) is 0 Å². The average molecular weight is 393 g/mol. The van der Waals surface area contributed by atoms with Crippen LogP contribution >= 0.6 is 0 Å². The third-order valence-electron chi connectivity index (χ3n) is 6.44. The Labute approximate surface area is 176 Å². The number of nitrogens with zero attached hydrogens (tertiary/aromatic N) is 2. The molecule has 1 aliphatic carbocycles. The molecule has 0 spiro atoms. The van der Waals surface area contributed by atoms with Gasteiger partial charge in [0.05, 0.1) is 6.10 Å². The zero-order chi connectivity index (χ0) is 19.9. The van der Waals surface area contributed by atoms with E-state index in [-0.39, 0.29) is 6.10 Å². The molecule has 0 aromatic heterocycles. The summed E-state index contributed by atoms with van der Waals surface area (Å²) in [5.74, 6) is 0. The summed E-state index contributed by atoms with van der Waals surface area (Å²) in [5.41, 5.74) is 5.74. The Bertz CT molecular complexity index is 753. The lowest BCUT2D eigenvalue weighted by Crippen LogP contribution is -2.46. The van der Waals surface area contributed by atoms with Crippen molar-refractivity contribution in [1.29, 1.82) is 0 Å². The maximum Gasteiger partial charge on any atom is 0.0828 e.